The molecule has 0 spiro atoms. The second kappa shape index (κ2) is 6.74. The highest BCUT2D eigenvalue weighted by molar-refractivity contribution is 7.92. The number of allylic oxidation sites excluding steroid dienone is 4. The van der Waals surface area contributed by atoms with E-state index < -0.39 is 11.2 Å². The molecular formula is C18H15OS2+. The molecule has 0 fully saturated rings. The van der Waals surface area contributed by atoms with Crippen LogP contribution in [0.15, 0.2) is 94.4 Å². The lowest BCUT2D eigenvalue weighted by Gasteiger charge is -2.11. The molecule has 104 valence electrons. The first-order valence-electron chi connectivity index (χ1n) is 6.77. The van der Waals surface area contributed by atoms with E-state index >= 15 is 0 Å². The van der Waals surface area contributed by atoms with Gasteiger partial charge < -0.3 is 0 Å². The maximum atomic E-state index is 6.27. The monoisotopic (exact) mass is 311 g/mol. The zero-order valence-electron chi connectivity index (χ0n) is 11.4. The maximum absolute atomic E-state index is 6.27. The Morgan fingerprint density at radius 2 is 1.43 bits per heavy atom. The van der Waals surface area contributed by atoms with Crippen molar-refractivity contribution in [3.05, 3.63) is 84.7 Å². The van der Waals surface area contributed by atoms with Crippen molar-refractivity contribution in [3.8, 4) is 0 Å². The quantitative estimate of drug-likeness (QED) is 0.588. The molecule has 21 heavy (non-hydrogen) atoms. The van der Waals surface area contributed by atoms with Gasteiger partial charge in [-0.1, -0.05) is 60.8 Å². The van der Waals surface area contributed by atoms with Crippen molar-refractivity contribution < 1.29 is 4.18 Å². The summed E-state index contributed by atoms with van der Waals surface area (Å²) in [7, 11) is 0. The number of benzene rings is 2. The Morgan fingerprint density at radius 1 is 0.857 bits per heavy atom. The van der Waals surface area contributed by atoms with Gasteiger partial charge >= 0.3 is 0 Å². The van der Waals surface area contributed by atoms with E-state index in [9.17, 15) is 0 Å². The number of rotatable bonds is 4. The summed E-state index contributed by atoms with van der Waals surface area (Å²) in [6.45, 7) is 0. The van der Waals surface area contributed by atoms with Crippen LogP contribution in [0.3, 0.4) is 0 Å². The van der Waals surface area contributed by atoms with Gasteiger partial charge in [-0.3, -0.25) is 4.18 Å². The molecule has 2 aromatic carbocycles. The van der Waals surface area contributed by atoms with Crippen LogP contribution >= 0.6 is 12.2 Å². The third kappa shape index (κ3) is 3.43. The highest BCUT2D eigenvalue weighted by Gasteiger charge is 2.31. The van der Waals surface area contributed by atoms with Crippen LogP contribution in [-0.4, -0.2) is 4.86 Å². The van der Waals surface area contributed by atoms with Crippen molar-refractivity contribution in [2.75, 3.05) is 0 Å². The maximum Gasteiger partial charge on any atom is 0.273 e. The van der Waals surface area contributed by atoms with E-state index in [1.807, 2.05) is 48.6 Å². The van der Waals surface area contributed by atoms with Crippen molar-refractivity contribution in [1.29, 1.82) is 0 Å². The summed E-state index contributed by atoms with van der Waals surface area (Å²) in [6.07, 6.45) is 6.79. The van der Waals surface area contributed by atoms with Crippen molar-refractivity contribution in [2.45, 2.75) is 16.2 Å². The number of hydrogen-bond acceptors (Lipinski definition) is 2. The van der Waals surface area contributed by atoms with Crippen LogP contribution in [0.1, 0.15) is 6.42 Å². The lowest BCUT2D eigenvalue weighted by molar-refractivity contribution is 0.514. The average Bonchev–Trinajstić information content (AvgIpc) is 2.56. The van der Waals surface area contributed by atoms with E-state index in [2.05, 4.69) is 30.3 Å². The van der Waals surface area contributed by atoms with Crippen LogP contribution in [-0.2, 0) is 15.4 Å². The first-order valence-corrected chi connectivity index (χ1v) is 8.33. The molecule has 3 heteroatoms. The molecule has 0 saturated carbocycles. The Bertz CT molecular complexity index is 635. The summed E-state index contributed by atoms with van der Waals surface area (Å²) in [4.78, 5) is 3.17. The molecule has 0 heterocycles. The van der Waals surface area contributed by atoms with Crippen molar-refractivity contribution in [1.82, 2.24) is 0 Å². The van der Waals surface area contributed by atoms with Gasteiger partial charge in [0.25, 0.3) is 11.2 Å². The molecule has 1 aliphatic carbocycles. The van der Waals surface area contributed by atoms with Gasteiger partial charge in [-0.15, -0.1) is 0 Å². The molecule has 2 aromatic rings. The third-order valence-electron chi connectivity index (χ3n) is 3.05. The lowest BCUT2D eigenvalue weighted by Crippen LogP contribution is -2.13. The van der Waals surface area contributed by atoms with Crippen molar-refractivity contribution in [3.63, 3.8) is 0 Å². The first kappa shape index (κ1) is 14.1. The highest BCUT2D eigenvalue weighted by Crippen LogP contribution is 2.28. The molecule has 1 nitrogen and oxygen atoms in total. The van der Waals surface area contributed by atoms with E-state index in [4.69, 9.17) is 16.4 Å². The van der Waals surface area contributed by atoms with Gasteiger partial charge in [0.15, 0.2) is 0 Å². The van der Waals surface area contributed by atoms with E-state index in [1.165, 1.54) is 0 Å². The standard InChI is InChI=1S/C18H15OS2/c20-18-14-8-7-13-17(18)19-21(15-9-3-1-4-10-15)16-11-5-2-6-12-16/h1-13H,14H2/q+1. The Labute approximate surface area is 133 Å². The fourth-order valence-corrected chi connectivity index (χ4v) is 3.88. The molecule has 3 rings (SSSR count). The summed E-state index contributed by atoms with van der Waals surface area (Å²) < 4.78 is 6.27. The summed E-state index contributed by atoms with van der Waals surface area (Å²) in [5, 5.41) is 0. The molecule has 1 aliphatic rings. The van der Waals surface area contributed by atoms with E-state index in [1.54, 1.807) is 0 Å². The second-order valence-corrected chi connectivity index (χ2v) is 6.70. The summed E-state index contributed by atoms with van der Waals surface area (Å²) in [6, 6.07) is 20.6. The molecular weight excluding hydrogens is 296 g/mol. The normalized spacial score (nSPS) is 14.1. The largest absolute Gasteiger partial charge is 0.273 e. The Morgan fingerprint density at radius 3 is 1.95 bits per heavy atom. The van der Waals surface area contributed by atoms with E-state index in [0.717, 1.165) is 26.8 Å². The Hall–Kier alpha value is -1.84. The Kier molecular flexibility index (Phi) is 4.53. The predicted molar refractivity (Wildman–Crippen MR) is 92.3 cm³/mol. The molecule has 0 aliphatic heterocycles. The predicted octanol–water partition coefficient (Wildman–Crippen LogP) is 4.87. The minimum absolute atomic E-state index is 0.459. The third-order valence-corrected chi connectivity index (χ3v) is 5.16. The van der Waals surface area contributed by atoms with Gasteiger partial charge in [-0.05, 0) is 30.3 Å². The number of hydrogen-bond donors (Lipinski definition) is 0. The van der Waals surface area contributed by atoms with Crippen LogP contribution in [0.2, 0.25) is 0 Å². The molecule has 0 aromatic heterocycles. The molecule has 0 amide bonds. The summed E-state index contributed by atoms with van der Waals surface area (Å²) in [5.74, 6) is 0.809. The first-order chi connectivity index (χ1) is 10.3. The van der Waals surface area contributed by atoms with Gasteiger partial charge in [-0.25, -0.2) is 0 Å². The molecule has 0 bridgehead atoms. The molecule has 0 radical (unpaired) electrons. The molecule has 0 N–H and O–H groups in total. The summed E-state index contributed by atoms with van der Waals surface area (Å²) >= 11 is 4.95. The van der Waals surface area contributed by atoms with Gasteiger partial charge in [0, 0.05) is 6.42 Å². The van der Waals surface area contributed by atoms with Gasteiger partial charge in [-0.2, -0.15) is 0 Å². The van der Waals surface area contributed by atoms with Gasteiger partial charge in [0.1, 0.15) is 0 Å². The lowest BCUT2D eigenvalue weighted by atomic mass is 10.2. The highest BCUT2D eigenvalue weighted by atomic mass is 32.2. The number of thiocarbonyl (C=S) groups is 1. The smallest absolute Gasteiger partial charge is 0.272 e. The Balaban J connectivity index is 1.95. The van der Waals surface area contributed by atoms with Gasteiger partial charge in [0.2, 0.25) is 15.6 Å². The zero-order valence-corrected chi connectivity index (χ0v) is 13.1. The van der Waals surface area contributed by atoms with Crippen molar-refractivity contribution in [2.24, 2.45) is 0 Å². The summed E-state index contributed by atoms with van der Waals surface area (Å²) in [5.41, 5.74) is 0. The average molecular weight is 311 g/mol. The molecule has 0 atom stereocenters. The van der Waals surface area contributed by atoms with Crippen LogP contribution in [0.4, 0.5) is 0 Å². The van der Waals surface area contributed by atoms with Gasteiger partial charge in [0.05, 0.1) is 4.86 Å². The second-order valence-electron chi connectivity index (χ2n) is 4.56. The topological polar surface area (TPSA) is 9.23 Å². The fraction of sp³-hybridized carbons (Fsp3) is 0.0556. The minimum atomic E-state index is -0.459. The fourth-order valence-electron chi connectivity index (χ4n) is 2.01. The van der Waals surface area contributed by atoms with Crippen LogP contribution in [0.25, 0.3) is 0 Å². The zero-order chi connectivity index (χ0) is 14.5. The van der Waals surface area contributed by atoms with Crippen LogP contribution in [0.5, 0.6) is 0 Å². The van der Waals surface area contributed by atoms with Crippen LogP contribution < -0.4 is 0 Å². The minimum Gasteiger partial charge on any atom is -0.272 e. The van der Waals surface area contributed by atoms with E-state index in [0.29, 0.717) is 0 Å². The molecule has 0 unspecified atom stereocenters. The van der Waals surface area contributed by atoms with Crippen molar-refractivity contribution >= 4 is 28.3 Å². The van der Waals surface area contributed by atoms with Crippen LogP contribution in [0, 0.1) is 0 Å². The molecule has 0 saturated heterocycles. The SMILES string of the molecule is S=C1CC=CC=C1O[S+](c1ccccc1)c1ccccc1. The van der Waals surface area contributed by atoms with E-state index in [-0.39, 0.29) is 0 Å².